The summed E-state index contributed by atoms with van der Waals surface area (Å²) < 4.78 is 30.0. The Bertz CT molecular complexity index is 811. The highest BCUT2D eigenvalue weighted by Crippen LogP contribution is 2.32. The zero-order valence-electron chi connectivity index (χ0n) is 37.6. The molecule has 0 aromatic heterocycles. The fraction of sp³-hybridized carbons (Fsp3) is 0.957. The molecule has 58 heavy (non-hydrogen) atoms. The highest BCUT2D eigenvalue weighted by Gasteiger charge is 2.14. The molecule has 0 bridgehead atoms. The summed E-state index contributed by atoms with van der Waals surface area (Å²) in [6, 6.07) is 0. The third-order valence-electron chi connectivity index (χ3n) is 9.96. The molecule has 1 amide bonds. The zero-order valence-corrected chi connectivity index (χ0v) is 38.4. The molecule has 0 aliphatic heterocycles. The monoisotopic (exact) mass is 859 g/mol. The van der Waals surface area contributed by atoms with Crippen molar-refractivity contribution in [3.63, 3.8) is 0 Å². The molecule has 1 unspecified atom stereocenters. The lowest BCUT2D eigenvalue weighted by Crippen LogP contribution is -2.31. The van der Waals surface area contributed by atoms with E-state index in [9.17, 15) is 23.9 Å². The summed E-state index contributed by atoms with van der Waals surface area (Å²) >= 11 is 0. The van der Waals surface area contributed by atoms with Gasteiger partial charge in [0.25, 0.3) is 0 Å². The number of hydroxylamine groups is 2. The number of esters is 1. The molecule has 0 radical (unpaired) electrons. The van der Waals surface area contributed by atoms with E-state index in [1.165, 1.54) is 159 Å². The molecule has 0 saturated carbocycles. The Morgan fingerprint density at radius 3 is 1.43 bits per heavy atom. The first-order valence-electron chi connectivity index (χ1n) is 23.3. The van der Waals surface area contributed by atoms with Gasteiger partial charge in [0.2, 0.25) is 5.91 Å². The van der Waals surface area contributed by atoms with Crippen molar-refractivity contribution >= 4 is 22.5 Å². The summed E-state index contributed by atoms with van der Waals surface area (Å²) in [7, 11) is -2.79. The van der Waals surface area contributed by atoms with E-state index in [0.717, 1.165) is 51.7 Å². The van der Waals surface area contributed by atoms with Crippen LogP contribution in [0, 0.1) is 0 Å². The van der Waals surface area contributed by atoms with Crippen LogP contribution in [0.25, 0.3) is 0 Å². The number of amides is 1. The number of ether oxygens (including phenoxy) is 2. The molecule has 0 aromatic carbocycles. The number of rotatable bonds is 41. The van der Waals surface area contributed by atoms with Gasteiger partial charge in [-0.2, -0.15) is 15.7 Å². The maximum Gasteiger partial charge on any atom is 0.306 e. The van der Waals surface area contributed by atoms with Crippen LogP contribution < -0.4 is 5.32 Å². The minimum atomic E-state index is -2.79. The third-order valence-corrected chi connectivity index (χ3v) is 10.8. The van der Waals surface area contributed by atoms with E-state index in [2.05, 4.69) is 33.0 Å². The van der Waals surface area contributed by atoms with Crippen LogP contribution >= 0.6 is 10.6 Å². The second kappa shape index (κ2) is 52.2. The van der Waals surface area contributed by atoms with Crippen molar-refractivity contribution in [2.45, 2.75) is 248 Å². The summed E-state index contributed by atoms with van der Waals surface area (Å²) in [5.74, 6) is -0.586. The summed E-state index contributed by atoms with van der Waals surface area (Å²) in [6.45, 7) is 12.3. The van der Waals surface area contributed by atoms with Gasteiger partial charge in [-0.1, -0.05) is 177 Å². The Hall–Kier alpha value is -0.950. The molecule has 6 N–H and O–H groups in total. The van der Waals surface area contributed by atoms with Gasteiger partial charge in [-0.25, -0.2) is 0 Å². The van der Waals surface area contributed by atoms with Crippen molar-refractivity contribution in [1.29, 1.82) is 0 Å². The van der Waals surface area contributed by atoms with Gasteiger partial charge in [0.1, 0.15) is 11.9 Å². The lowest BCUT2D eigenvalue weighted by Gasteiger charge is -2.25. The minimum absolute atomic E-state index is 0. The largest absolute Gasteiger partial charge is 0.462 e. The maximum atomic E-state index is 12.1. The average molecular weight is 859 g/mol. The topological polar surface area (TPSA) is 160 Å². The quantitative estimate of drug-likeness (QED) is 0.0268. The predicted molar refractivity (Wildman–Crippen MR) is 256 cm³/mol. The highest BCUT2D eigenvalue weighted by atomic mass is 32.3. The Morgan fingerprint density at radius 1 is 0.586 bits per heavy atom. The first-order chi connectivity index (χ1) is 26.6. The maximum absolute atomic E-state index is 12.1. The Labute approximate surface area is 364 Å². The lowest BCUT2D eigenvalue weighted by atomic mass is 10.0. The van der Waals surface area contributed by atoms with Gasteiger partial charge >= 0.3 is 5.97 Å². The first kappa shape index (κ1) is 66.2. The fourth-order valence-electron chi connectivity index (χ4n) is 6.52. The van der Waals surface area contributed by atoms with Gasteiger partial charge in [0.05, 0.1) is 0 Å². The molecule has 0 heterocycles. The molecule has 0 spiro atoms. The summed E-state index contributed by atoms with van der Waals surface area (Å²) in [5.41, 5.74) is 0. The van der Waals surface area contributed by atoms with Crippen LogP contribution in [0.2, 0.25) is 0 Å². The molecule has 0 aromatic rings. The van der Waals surface area contributed by atoms with Crippen LogP contribution in [0.3, 0.4) is 0 Å². The summed E-state index contributed by atoms with van der Waals surface area (Å²) in [4.78, 5) is 23.5. The zero-order chi connectivity index (χ0) is 41.1. The lowest BCUT2D eigenvalue weighted by molar-refractivity contribution is -0.150. The van der Waals surface area contributed by atoms with E-state index in [1.54, 1.807) is 0 Å². The highest BCUT2D eigenvalue weighted by molar-refractivity contribution is 8.24. The van der Waals surface area contributed by atoms with Crippen molar-refractivity contribution < 1.29 is 40.3 Å². The molecule has 10 nitrogen and oxygen atoms in total. The van der Waals surface area contributed by atoms with Gasteiger partial charge in [-0.05, 0) is 57.8 Å². The van der Waals surface area contributed by atoms with E-state index in [-0.39, 0.29) is 45.5 Å². The normalized spacial score (nSPS) is 11.7. The third kappa shape index (κ3) is 57.1. The van der Waals surface area contributed by atoms with Crippen molar-refractivity contribution in [1.82, 2.24) is 10.4 Å². The van der Waals surface area contributed by atoms with Crippen LogP contribution in [0.1, 0.15) is 243 Å². The molecular weight excluding hydrogens is 753 g/mol. The molecule has 0 aliphatic rings. The van der Waals surface area contributed by atoms with Crippen LogP contribution in [-0.4, -0.2) is 87.7 Å². The van der Waals surface area contributed by atoms with Crippen LogP contribution in [-0.2, 0) is 19.1 Å². The van der Waals surface area contributed by atoms with Gasteiger partial charge in [0.15, 0.2) is 0 Å². The molecule has 358 valence electrons. The fourth-order valence-corrected chi connectivity index (χ4v) is 7.12. The van der Waals surface area contributed by atoms with Gasteiger partial charge in [0, 0.05) is 47.0 Å². The van der Waals surface area contributed by atoms with Crippen LogP contribution in [0.4, 0.5) is 0 Å². The Kier molecular flexibility index (Phi) is 59.5. The van der Waals surface area contributed by atoms with E-state index in [4.69, 9.17) is 9.47 Å². The average Bonchev–Trinajstić information content (AvgIpc) is 3.14. The smallest absolute Gasteiger partial charge is 0.306 e. The van der Waals surface area contributed by atoms with Crippen molar-refractivity contribution in [2.75, 3.05) is 44.9 Å². The molecule has 11 heteroatoms. The van der Waals surface area contributed by atoms with E-state index in [0.29, 0.717) is 32.5 Å². The van der Waals surface area contributed by atoms with E-state index < -0.39 is 10.6 Å². The minimum Gasteiger partial charge on any atom is -0.462 e. The second-order valence-electron chi connectivity index (χ2n) is 16.0. The summed E-state index contributed by atoms with van der Waals surface area (Å²) in [6.07, 6.45) is 38.4. The van der Waals surface area contributed by atoms with E-state index in [1.807, 2.05) is 0 Å². The molecule has 0 aliphatic carbocycles. The van der Waals surface area contributed by atoms with E-state index >= 15 is 0 Å². The number of nitrogens with one attached hydrogen (secondary N) is 1. The number of hydrogen-bond donors (Lipinski definition) is 4. The van der Waals surface area contributed by atoms with Gasteiger partial charge < -0.3 is 25.5 Å². The van der Waals surface area contributed by atoms with Gasteiger partial charge in [-0.3, -0.25) is 18.7 Å². The molecule has 0 rings (SSSR count). The van der Waals surface area contributed by atoms with Crippen LogP contribution in [0.15, 0.2) is 0 Å². The summed E-state index contributed by atoms with van der Waals surface area (Å²) in [5, 5.41) is 13.8. The Morgan fingerprint density at radius 2 is 0.966 bits per heavy atom. The molecular formula is C47H106N2O8S. The standard InChI is InChI=1S/C23H50N2O5S.C22H44O2.2CH4.H2O.H2/c1-3-4-5-6-8-11-14-20-30-21-15-12-9-7-10-13-18-25(27)19-16-17-24-23(26)22-31(2,28)29;1-4-7-10-13-16-19-21(18-15-12-9-6-3)24-22(23)20-17-14-11-8-5-2;;;;/h27-29H,3-22H2,1-2H3,(H,24,26);21H,4-20H2,1-3H3;2*1H4;1H2;1H. The van der Waals surface area contributed by atoms with Crippen molar-refractivity contribution in [2.24, 2.45) is 0 Å². The predicted octanol–water partition coefficient (Wildman–Crippen LogP) is 14.0. The SMILES string of the molecule is C.C.CCCCCCCC(=O)OC(CCCCCC)CCCCCCC.CCCCCCCCCOCCCCCCCCN(O)CCCNC(=O)CS(C)(O)O.O.[HH]. The molecule has 0 fully saturated rings. The number of carbonyl (C=O) groups is 2. The van der Waals surface area contributed by atoms with Crippen LogP contribution in [0.5, 0.6) is 0 Å². The number of unbranched alkanes of at least 4 members (excludes halogenated alkanes) is 22. The number of nitrogens with zero attached hydrogens (tertiary/aromatic N) is 1. The number of carbonyl (C=O) groups excluding carboxylic acids is 2. The molecule has 1 atom stereocenters. The first-order valence-corrected chi connectivity index (χ1v) is 25.4. The molecule has 0 saturated heterocycles. The van der Waals surface area contributed by atoms with Gasteiger partial charge in [-0.15, -0.1) is 0 Å². The van der Waals surface area contributed by atoms with Crippen molar-refractivity contribution in [3.8, 4) is 0 Å². The Balaban J connectivity index is -0.000000229. The number of hydrogen-bond acceptors (Lipinski definition) is 8. The van der Waals surface area contributed by atoms with Crippen molar-refractivity contribution in [3.05, 3.63) is 0 Å². The second-order valence-corrected chi connectivity index (χ2v) is 18.3.